The molecule has 1 aliphatic heterocycles. The molecule has 0 bridgehead atoms. The van der Waals surface area contributed by atoms with Gasteiger partial charge in [0.25, 0.3) is 5.91 Å². The van der Waals surface area contributed by atoms with E-state index in [9.17, 15) is 18.0 Å². The Morgan fingerprint density at radius 2 is 1.51 bits per heavy atom. The van der Waals surface area contributed by atoms with E-state index in [1.165, 1.54) is 23.5 Å². The van der Waals surface area contributed by atoms with Crippen LogP contribution in [0.5, 0.6) is 5.75 Å². The van der Waals surface area contributed by atoms with E-state index in [4.69, 9.17) is 4.74 Å². The molecule has 1 heterocycles. The SMILES string of the molecule is COc1ccc(S(=O)(=O)N(C2CCCCCC2)C2CC(=O)N(c3ccc(C(C)C)cc3)C2=O)cc1. The van der Waals surface area contributed by atoms with Crippen molar-refractivity contribution in [2.75, 3.05) is 12.0 Å². The molecular weight excluding hydrogens is 464 g/mol. The first kappa shape index (κ1) is 25.4. The van der Waals surface area contributed by atoms with Crippen molar-refractivity contribution in [1.29, 1.82) is 0 Å². The van der Waals surface area contributed by atoms with Crippen molar-refractivity contribution in [1.82, 2.24) is 4.31 Å². The number of hydrogen-bond acceptors (Lipinski definition) is 5. The van der Waals surface area contributed by atoms with Crippen LogP contribution < -0.4 is 9.64 Å². The van der Waals surface area contributed by atoms with Gasteiger partial charge >= 0.3 is 0 Å². The van der Waals surface area contributed by atoms with Crippen LogP contribution >= 0.6 is 0 Å². The molecule has 2 aromatic rings. The van der Waals surface area contributed by atoms with Crippen molar-refractivity contribution in [2.24, 2.45) is 0 Å². The summed E-state index contributed by atoms with van der Waals surface area (Å²) in [6, 6.07) is 12.2. The molecule has 1 aliphatic carbocycles. The van der Waals surface area contributed by atoms with E-state index in [0.29, 0.717) is 30.2 Å². The zero-order valence-corrected chi connectivity index (χ0v) is 21.5. The lowest BCUT2D eigenvalue weighted by Gasteiger charge is -2.33. The van der Waals surface area contributed by atoms with Gasteiger partial charge in [0.15, 0.2) is 0 Å². The Labute approximate surface area is 208 Å². The van der Waals surface area contributed by atoms with E-state index < -0.39 is 22.0 Å². The maximum Gasteiger partial charge on any atom is 0.252 e. The highest BCUT2D eigenvalue weighted by Crippen LogP contribution is 2.35. The summed E-state index contributed by atoms with van der Waals surface area (Å²) in [7, 11) is -2.51. The van der Waals surface area contributed by atoms with Crippen LogP contribution in [0.1, 0.15) is 70.3 Å². The maximum absolute atomic E-state index is 13.9. The van der Waals surface area contributed by atoms with Gasteiger partial charge < -0.3 is 4.74 Å². The monoisotopic (exact) mass is 498 g/mol. The summed E-state index contributed by atoms with van der Waals surface area (Å²) < 4.78 is 34.4. The molecule has 0 aromatic heterocycles. The summed E-state index contributed by atoms with van der Waals surface area (Å²) in [6.07, 6.45) is 5.07. The number of benzene rings is 2. The molecule has 0 spiro atoms. The fraction of sp³-hybridized carbons (Fsp3) is 0.481. The highest BCUT2D eigenvalue weighted by atomic mass is 32.2. The molecular formula is C27H34N2O5S. The molecule has 1 saturated heterocycles. The van der Waals surface area contributed by atoms with Gasteiger partial charge in [-0.05, 0) is 60.7 Å². The number of carbonyl (C=O) groups excluding carboxylic acids is 2. The third-order valence-electron chi connectivity index (χ3n) is 7.07. The van der Waals surface area contributed by atoms with Gasteiger partial charge in [-0.25, -0.2) is 13.3 Å². The molecule has 0 radical (unpaired) electrons. The summed E-state index contributed by atoms with van der Waals surface area (Å²) >= 11 is 0. The topological polar surface area (TPSA) is 84.0 Å². The number of carbonyl (C=O) groups is 2. The Morgan fingerprint density at radius 3 is 2.06 bits per heavy atom. The third kappa shape index (κ3) is 5.14. The van der Waals surface area contributed by atoms with E-state index in [0.717, 1.165) is 36.1 Å². The van der Waals surface area contributed by atoms with E-state index in [-0.39, 0.29) is 23.3 Å². The van der Waals surface area contributed by atoms with Gasteiger partial charge in [-0.1, -0.05) is 51.7 Å². The second-order valence-corrected chi connectivity index (χ2v) is 11.5. The summed E-state index contributed by atoms with van der Waals surface area (Å²) in [4.78, 5) is 28.0. The van der Waals surface area contributed by atoms with Crippen LogP contribution in [-0.4, -0.2) is 43.7 Å². The molecule has 2 amide bonds. The molecule has 4 rings (SSSR count). The summed E-state index contributed by atoms with van der Waals surface area (Å²) in [6.45, 7) is 4.15. The number of amides is 2. The second kappa shape index (κ2) is 10.5. The quantitative estimate of drug-likeness (QED) is 0.402. The van der Waals surface area contributed by atoms with Crippen LogP contribution in [0.15, 0.2) is 53.4 Å². The maximum atomic E-state index is 13.9. The van der Waals surface area contributed by atoms with Gasteiger partial charge in [0.1, 0.15) is 11.8 Å². The van der Waals surface area contributed by atoms with E-state index >= 15 is 0 Å². The van der Waals surface area contributed by atoms with E-state index in [1.54, 1.807) is 24.3 Å². The minimum Gasteiger partial charge on any atom is -0.497 e. The van der Waals surface area contributed by atoms with Gasteiger partial charge in [-0.2, -0.15) is 4.31 Å². The number of methoxy groups -OCH3 is 1. The zero-order chi connectivity index (χ0) is 25.2. The molecule has 7 nitrogen and oxygen atoms in total. The largest absolute Gasteiger partial charge is 0.497 e. The number of nitrogens with zero attached hydrogens (tertiary/aromatic N) is 2. The first-order valence-electron chi connectivity index (χ1n) is 12.4. The molecule has 1 unspecified atom stereocenters. The summed E-state index contributed by atoms with van der Waals surface area (Å²) in [5.74, 6) is 0.0183. The lowest BCUT2D eigenvalue weighted by atomic mass is 10.0. The molecule has 0 N–H and O–H groups in total. The van der Waals surface area contributed by atoms with Crippen LogP contribution in [0.25, 0.3) is 0 Å². The fourth-order valence-electron chi connectivity index (χ4n) is 5.09. The highest BCUT2D eigenvalue weighted by molar-refractivity contribution is 7.89. The molecule has 188 valence electrons. The Morgan fingerprint density at radius 1 is 0.914 bits per heavy atom. The number of hydrogen-bond donors (Lipinski definition) is 0. The normalized spacial score (nSPS) is 20.0. The average molecular weight is 499 g/mol. The van der Waals surface area contributed by atoms with Crippen molar-refractivity contribution in [3.63, 3.8) is 0 Å². The van der Waals surface area contributed by atoms with Gasteiger partial charge in [0.2, 0.25) is 15.9 Å². The number of ether oxygens (including phenoxy) is 1. The molecule has 2 aromatic carbocycles. The predicted octanol–water partition coefficient (Wildman–Crippen LogP) is 4.86. The van der Waals surface area contributed by atoms with Crippen molar-refractivity contribution < 1.29 is 22.7 Å². The standard InChI is InChI=1S/C27H34N2O5S/c1-19(2)20-10-12-21(13-11-20)28-26(30)18-25(27(28)31)29(22-8-6-4-5-7-9-22)35(32,33)24-16-14-23(34-3)15-17-24/h10-17,19,22,25H,4-9,18H2,1-3H3. The van der Waals surface area contributed by atoms with Crippen LogP contribution in [0.4, 0.5) is 5.69 Å². The molecule has 8 heteroatoms. The van der Waals surface area contributed by atoms with Gasteiger partial charge in [0.05, 0.1) is 24.1 Å². The van der Waals surface area contributed by atoms with Crippen LogP contribution in [0.3, 0.4) is 0 Å². The Kier molecular flexibility index (Phi) is 7.62. The minimum absolute atomic E-state index is 0.0996. The van der Waals surface area contributed by atoms with Gasteiger partial charge in [-0.3, -0.25) is 9.59 Å². The minimum atomic E-state index is -4.03. The molecule has 2 aliphatic rings. The smallest absolute Gasteiger partial charge is 0.252 e. The summed E-state index contributed by atoms with van der Waals surface area (Å²) in [5, 5.41) is 0. The molecule has 2 fully saturated rings. The predicted molar refractivity (Wildman–Crippen MR) is 135 cm³/mol. The van der Waals surface area contributed by atoms with Gasteiger partial charge in [0, 0.05) is 6.04 Å². The van der Waals surface area contributed by atoms with Crippen molar-refractivity contribution >= 4 is 27.5 Å². The Balaban J connectivity index is 1.71. The number of sulfonamides is 1. The zero-order valence-electron chi connectivity index (χ0n) is 20.6. The Hall–Kier alpha value is -2.71. The Bertz CT molecular complexity index is 1150. The van der Waals surface area contributed by atoms with Crippen LogP contribution in [0.2, 0.25) is 0 Å². The number of imide groups is 1. The van der Waals surface area contributed by atoms with Crippen molar-refractivity contribution in [3.05, 3.63) is 54.1 Å². The number of rotatable bonds is 7. The van der Waals surface area contributed by atoms with Crippen molar-refractivity contribution in [3.8, 4) is 5.75 Å². The van der Waals surface area contributed by atoms with E-state index in [1.807, 2.05) is 12.1 Å². The fourth-order valence-corrected chi connectivity index (χ4v) is 6.92. The molecule has 1 atom stereocenters. The summed E-state index contributed by atoms with van der Waals surface area (Å²) in [5.41, 5.74) is 1.58. The average Bonchev–Trinajstić information content (AvgIpc) is 3.00. The van der Waals surface area contributed by atoms with Crippen molar-refractivity contribution in [2.45, 2.75) is 81.7 Å². The first-order valence-corrected chi connectivity index (χ1v) is 13.8. The van der Waals surface area contributed by atoms with Gasteiger partial charge in [-0.15, -0.1) is 0 Å². The molecule has 35 heavy (non-hydrogen) atoms. The lowest BCUT2D eigenvalue weighted by Crippen LogP contribution is -2.50. The second-order valence-electron chi connectivity index (χ2n) is 9.69. The number of anilines is 1. The van der Waals surface area contributed by atoms with Crippen LogP contribution in [0, 0.1) is 0 Å². The van der Waals surface area contributed by atoms with Crippen LogP contribution in [-0.2, 0) is 19.6 Å². The highest BCUT2D eigenvalue weighted by Gasteiger charge is 2.49. The third-order valence-corrected chi connectivity index (χ3v) is 9.04. The first-order chi connectivity index (χ1) is 16.7. The molecule has 1 saturated carbocycles. The lowest BCUT2D eigenvalue weighted by molar-refractivity contribution is -0.122. The van der Waals surface area contributed by atoms with E-state index in [2.05, 4.69) is 13.8 Å².